The summed E-state index contributed by atoms with van der Waals surface area (Å²) in [5, 5.41) is 11.2. The molecule has 1 aliphatic heterocycles. The Labute approximate surface area is 159 Å². The number of rotatable bonds is 8. The minimum atomic E-state index is -0.136. The van der Waals surface area contributed by atoms with Crippen LogP contribution in [0.5, 0.6) is 0 Å². The number of ether oxygens (including phenoxy) is 2. The maximum absolute atomic E-state index is 11.5. The van der Waals surface area contributed by atoms with E-state index in [9.17, 15) is 4.79 Å². The van der Waals surface area contributed by atoms with Crippen LogP contribution in [0.2, 0.25) is 0 Å². The van der Waals surface area contributed by atoms with Crippen molar-refractivity contribution in [3.05, 3.63) is 48.2 Å². The van der Waals surface area contributed by atoms with Gasteiger partial charge in [0.15, 0.2) is 6.29 Å². The summed E-state index contributed by atoms with van der Waals surface area (Å²) in [5.41, 5.74) is 3.30. The van der Waals surface area contributed by atoms with E-state index < -0.39 is 0 Å². The second-order valence-electron chi connectivity index (χ2n) is 6.69. The molecule has 1 fully saturated rings. The normalized spacial score (nSPS) is 16.9. The van der Waals surface area contributed by atoms with E-state index >= 15 is 0 Å². The Morgan fingerprint density at radius 3 is 2.89 bits per heavy atom. The number of nitrogens with one attached hydrogen (secondary N) is 1. The predicted octanol–water partition coefficient (Wildman–Crippen LogP) is 2.68. The van der Waals surface area contributed by atoms with Crippen LogP contribution in [0.3, 0.4) is 0 Å². The van der Waals surface area contributed by atoms with Crippen LogP contribution in [0.15, 0.2) is 42.6 Å². The fraction of sp³-hybridized carbons (Fsp3) is 0.450. The lowest BCUT2D eigenvalue weighted by molar-refractivity contribution is -0.163. The topological polar surface area (TPSA) is 78.3 Å². The number of aromatic nitrogens is 3. The van der Waals surface area contributed by atoms with Crippen LogP contribution in [0, 0.1) is 0 Å². The van der Waals surface area contributed by atoms with Crippen molar-refractivity contribution in [2.45, 2.75) is 45.6 Å². The van der Waals surface area contributed by atoms with Gasteiger partial charge in [0.2, 0.25) is 5.91 Å². The van der Waals surface area contributed by atoms with Crippen molar-refractivity contribution in [1.29, 1.82) is 0 Å². The average Bonchev–Trinajstić information content (AvgIpc) is 3.16. The predicted molar refractivity (Wildman–Crippen MR) is 102 cm³/mol. The van der Waals surface area contributed by atoms with Crippen molar-refractivity contribution in [2.75, 3.05) is 13.2 Å². The van der Waals surface area contributed by atoms with E-state index in [1.54, 1.807) is 11.6 Å². The van der Waals surface area contributed by atoms with Gasteiger partial charge in [-0.25, -0.2) is 4.68 Å². The lowest BCUT2D eigenvalue weighted by atomic mass is 10.1. The average molecular weight is 370 g/mol. The number of hydrogen-bond acceptors (Lipinski definition) is 5. The van der Waals surface area contributed by atoms with E-state index in [1.165, 1.54) is 0 Å². The molecule has 1 aliphatic rings. The smallest absolute Gasteiger partial charge is 0.246 e. The van der Waals surface area contributed by atoms with Crippen molar-refractivity contribution >= 4 is 5.91 Å². The maximum Gasteiger partial charge on any atom is 0.246 e. The van der Waals surface area contributed by atoms with E-state index in [0.29, 0.717) is 25.3 Å². The van der Waals surface area contributed by atoms with Crippen LogP contribution in [-0.4, -0.2) is 40.4 Å². The van der Waals surface area contributed by atoms with Gasteiger partial charge in [0.1, 0.15) is 5.69 Å². The van der Waals surface area contributed by atoms with Crippen LogP contribution in [0.1, 0.15) is 31.7 Å². The third kappa shape index (κ3) is 5.74. The molecule has 2 aromatic rings. The number of carbonyl (C=O) groups is 1. The van der Waals surface area contributed by atoms with Crippen molar-refractivity contribution in [3.63, 3.8) is 0 Å². The highest BCUT2D eigenvalue weighted by Crippen LogP contribution is 2.17. The van der Waals surface area contributed by atoms with Gasteiger partial charge in [-0.3, -0.25) is 4.79 Å². The first-order valence-corrected chi connectivity index (χ1v) is 9.28. The zero-order chi connectivity index (χ0) is 19.1. The lowest BCUT2D eigenvalue weighted by Crippen LogP contribution is -2.24. The molecule has 27 heavy (non-hydrogen) atoms. The standard InChI is InChI=1S/C20H26N4O3/c1-15(2)20(25)21-13-16-6-8-17(9-7-16)18-14-24(23-22-18)10-12-27-19-5-3-4-11-26-19/h6-9,14,19H,1,3-5,10-13H2,2H3,(H,21,25). The SMILES string of the molecule is C=C(C)C(=O)NCc1ccc(-c2cn(CCOC3CCCCO3)nn2)cc1. The molecular weight excluding hydrogens is 344 g/mol. The number of hydrogen-bond donors (Lipinski definition) is 1. The zero-order valence-corrected chi connectivity index (χ0v) is 15.7. The largest absolute Gasteiger partial charge is 0.353 e. The molecule has 3 rings (SSSR count). The Bertz CT molecular complexity index is 764. The second kappa shape index (κ2) is 9.43. The molecule has 1 saturated heterocycles. The molecule has 1 N–H and O–H groups in total. The van der Waals surface area contributed by atoms with Gasteiger partial charge in [0.05, 0.1) is 19.3 Å². The van der Waals surface area contributed by atoms with E-state index in [2.05, 4.69) is 22.2 Å². The number of benzene rings is 1. The molecule has 7 nitrogen and oxygen atoms in total. The monoisotopic (exact) mass is 370 g/mol. The Balaban J connectivity index is 1.48. The number of nitrogens with zero attached hydrogens (tertiary/aromatic N) is 3. The van der Waals surface area contributed by atoms with Gasteiger partial charge in [-0.1, -0.05) is 36.1 Å². The molecule has 144 valence electrons. The molecular formula is C20H26N4O3. The van der Waals surface area contributed by atoms with Crippen molar-refractivity contribution < 1.29 is 14.3 Å². The molecule has 1 aromatic heterocycles. The fourth-order valence-corrected chi connectivity index (χ4v) is 2.79. The lowest BCUT2D eigenvalue weighted by Gasteiger charge is -2.22. The molecule has 1 aromatic carbocycles. The Morgan fingerprint density at radius 2 is 2.19 bits per heavy atom. The Morgan fingerprint density at radius 1 is 1.37 bits per heavy atom. The molecule has 7 heteroatoms. The molecule has 0 radical (unpaired) electrons. The molecule has 2 heterocycles. The third-order valence-electron chi connectivity index (χ3n) is 4.39. The quantitative estimate of drug-likeness (QED) is 0.723. The summed E-state index contributed by atoms with van der Waals surface area (Å²) in [6.45, 7) is 7.76. The van der Waals surface area contributed by atoms with E-state index in [-0.39, 0.29) is 12.2 Å². The summed E-state index contributed by atoms with van der Waals surface area (Å²) < 4.78 is 13.1. The summed E-state index contributed by atoms with van der Waals surface area (Å²) in [6.07, 6.45) is 5.06. The van der Waals surface area contributed by atoms with Gasteiger partial charge in [-0.2, -0.15) is 0 Å². The van der Waals surface area contributed by atoms with E-state index in [0.717, 1.165) is 42.7 Å². The van der Waals surface area contributed by atoms with E-state index in [1.807, 2.05) is 30.5 Å². The Hall–Kier alpha value is -2.51. The summed E-state index contributed by atoms with van der Waals surface area (Å²) >= 11 is 0. The molecule has 1 amide bonds. The minimum Gasteiger partial charge on any atom is -0.353 e. The van der Waals surface area contributed by atoms with Crippen LogP contribution in [0.4, 0.5) is 0 Å². The highest BCUT2D eigenvalue weighted by molar-refractivity contribution is 5.92. The summed E-state index contributed by atoms with van der Waals surface area (Å²) in [5.74, 6) is -0.136. The highest BCUT2D eigenvalue weighted by Gasteiger charge is 2.14. The van der Waals surface area contributed by atoms with Crippen LogP contribution < -0.4 is 5.32 Å². The number of carbonyl (C=O) groups excluding carboxylic acids is 1. The summed E-state index contributed by atoms with van der Waals surface area (Å²) in [6, 6.07) is 7.89. The van der Waals surface area contributed by atoms with Gasteiger partial charge in [0, 0.05) is 24.3 Å². The van der Waals surface area contributed by atoms with Crippen LogP contribution >= 0.6 is 0 Å². The molecule has 0 bridgehead atoms. The minimum absolute atomic E-state index is 0.0837. The zero-order valence-electron chi connectivity index (χ0n) is 15.7. The molecule has 0 aliphatic carbocycles. The third-order valence-corrected chi connectivity index (χ3v) is 4.39. The van der Waals surface area contributed by atoms with Crippen molar-refractivity contribution in [3.8, 4) is 11.3 Å². The van der Waals surface area contributed by atoms with Crippen LogP contribution in [0.25, 0.3) is 11.3 Å². The first-order chi connectivity index (χ1) is 13.1. The summed E-state index contributed by atoms with van der Waals surface area (Å²) in [4.78, 5) is 11.5. The molecule has 0 spiro atoms. The van der Waals surface area contributed by atoms with Crippen molar-refractivity contribution in [2.24, 2.45) is 0 Å². The highest BCUT2D eigenvalue weighted by atomic mass is 16.7. The van der Waals surface area contributed by atoms with Crippen LogP contribution in [-0.2, 0) is 27.4 Å². The second-order valence-corrected chi connectivity index (χ2v) is 6.69. The van der Waals surface area contributed by atoms with E-state index in [4.69, 9.17) is 9.47 Å². The van der Waals surface area contributed by atoms with Gasteiger partial charge in [0.25, 0.3) is 0 Å². The first kappa shape index (κ1) is 19.3. The van der Waals surface area contributed by atoms with Crippen molar-refractivity contribution in [1.82, 2.24) is 20.3 Å². The van der Waals surface area contributed by atoms with Gasteiger partial charge in [-0.05, 0) is 31.7 Å². The molecule has 0 saturated carbocycles. The molecule has 1 atom stereocenters. The van der Waals surface area contributed by atoms with Gasteiger partial charge in [-0.15, -0.1) is 5.10 Å². The fourth-order valence-electron chi connectivity index (χ4n) is 2.79. The Kier molecular flexibility index (Phi) is 6.73. The molecule has 1 unspecified atom stereocenters. The summed E-state index contributed by atoms with van der Waals surface area (Å²) in [7, 11) is 0. The first-order valence-electron chi connectivity index (χ1n) is 9.28. The van der Waals surface area contributed by atoms with Gasteiger partial charge < -0.3 is 14.8 Å². The van der Waals surface area contributed by atoms with Gasteiger partial charge >= 0.3 is 0 Å². The maximum atomic E-state index is 11.5. The number of amides is 1.